The Bertz CT molecular complexity index is 1930. The van der Waals surface area contributed by atoms with Gasteiger partial charge in [-0.3, -0.25) is 13.9 Å². The van der Waals surface area contributed by atoms with E-state index in [1.165, 1.54) is 17.8 Å². The predicted octanol–water partition coefficient (Wildman–Crippen LogP) is 3.62. The fraction of sp³-hybridized carbons (Fsp3) is 0.486. The second kappa shape index (κ2) is 12.6. The minimum Gasteiger partial charge on any atom is -0.414 e. The minimum atomic E-state index is -4.31. The molecule has 14 heteroatoms. The van der Waals surface area contributed by atoms with Gasteiger partial charge in [0.25, 0.3) is 24.0 Å². The van der Waals surface area contributed by atoms with Crippen molar-refractivity contribution in [1.29, 1.82) is 0 Å². The van der Waals surface area contributed by atoms with Crippen LogP contribution in [-0.4, -0.2) is 58.6 Å². The molecule has 2 aromatic carbocycles. The van der Waals surface area contributed by atoms with Gasteiger partial charge in [-0.05, 0) is 40.5 Å². The van der Waals surface area contributed by atoms with Crippen molar-refractivity contribution in [3.63, 3.8) is 0 Å². The van der Waals surface area contributed by atoms with E-state index in [1.54, 1.807) is 6.92 Å². The molecule has 2 unspecified atom stereocenters. The van der Waals surface area contributed by atoms with Gasteiger partial charge in [0, 0.05) is 18.8 Å². The van der Waals surface area contributed by atoms with Crippen molar-refractivity contribution in [3.05, 3.63) is 104 Å². The monoisotopic (exact) mass is 727 g/mol. The number of aromatic nitrogens is 2. The minimum absolute atomic E-state index is 0.0862. The van der Waals surface area contributed by atoms with Crippen LogP contribution in [-0.2, 0) is 34.9 Å². The molecule has 5 rings (SSSR count). The average molecular weight is 728 g/mol. The first kappa shape index (κ1) is 37.1. The second-order valence-electron chi connectivity index (χ2n) is 15.6. The van der Waals surface area contributed by atoms with Crippen LogP contribution < -0.4 is 27.4 Å². The largest absolute Gasteiger partial charge is 0.414 e. The fourth-order valence-electron chi connectivity index (χ4n) is 6.63. The Morgan fingerprint density at radius 1 is 0.918 bits per heavy atom. The Balaban J connectivity index is 1.84. The van der Waals surface area contributed by atoms with Crippen molar-refractivity contribution in [2.75, 3.05) is 6.61 Å². The van der Waals surface area contributed by atoms with Gasteiger partial charge in [0.05, 0.1) is 17.7 Å². The third-order valence-electron chi connectivity index (χ3n) is 10.3. The molecule has 0 amide bonds. The summed E-state index contributed by atoms with van der Waals surface area (Å²) in [4.78, 5) is 26.8. The highest BCUT2D eigenvalue weighted by molar-refractivity contribution is 7.90. The molecule has 2 aliphatic rings. The van der Waals surface area contributed by atoms with E-state index in [-0.39, 0.29) is 22.9 Å². The standard InChI is InChI=1S/C35H49N3O8SSi2/c1-24-21-38(32(40)37(8)30(24)39)31-29(45-49(34(5,6)7,25-17-13-11-14-18-25)26-19-15-12-16-20-26)35(27(36)23-47(41,42)46-35)28(44-31)22-43-48(9,10)33(2,3)4/h11-21,23,28-29,31H,22,36H2,1-10H3/t28?,29-,31+,35?/m0/s1. The molecule has 49 heavy (non-hydrogen) atoms. The molecule has 3 aromatic rings. The summed E-state index contributed by atoms with van der Waals surface area (Å²) in [7, 11) is -8.84. The summed E-state index contributed by atoms with van der Waals surface area (Å²) >= 11 is 0. The molecule has 0 saturated carbocycles. The molecule has 0 bridgehead atoms. The van der Waals surface area contributed by atoms with Crippen LogP contribution in [0.3, 0.4) is 0 Å². The van der Waals surface area contributed by atoms with E-state index in [2.05, 4.69) is 54.6 Å². The lowest BCUT2D eigenvalue weighted by Crippen LogP contribution is -2.70. The van der Waals surface area contributed by atoms with E-state index in [1.807, 2.05) is 60.7 Å². The van der Waals surface area contributed by atoms with E-state index in [0.29, 0.717) is 0 Å². The zero-order chi connectivity index (χ0) is 36.4. The molecule has 1 aromatic heterocycles. The van der Waals surface area contributed by atoms with Gasteiger partial charge in [-0.25, -0.2) is 8.98 Å². The third-order valence-corrected chi connectivity index (χ3v) is 20.9. The van der Waals surface area contributed by atoms with Crippen molar-refractivity contribution >= 4 is 37.1 Å². The number of ether oxygens (including phenoxy) is 1. The van der Waals surface area contributed by atoms with Crippen molar-refractivity contribution in [2.45, 2.75) is 95.7 Å². The molecule has 0 radical (unpaired) electrons. The van der Waals surface area contributed by atoms with Gasteiger partial charge in [0.1, 0.15) is 12.2 Å². The lowest BCUT2D eigenvalue weighted by molar-refractivity contribution is -0.0566. The smallest absolute Gasteiger partial charge is 0.332 e. The summed E-state index contributed by atoms with van der Waals surface area (Å²) < 4.78 is 56.2. The summed E-state index contributed by atoms with van der Waals surface area (Å²) in [6.45, 7) is 18.2. The predicted molar refractivity (Wildman–Crippen MR) is 195 cm³/mol. The van der Waals surface area contributed by atoms with E-state index in [9.17, 15) is 18.0 Å². The van der Waals surface area contributed by atoms with Crippen LogP contribution in [0.2, 0.25) is 23.2 Å². The Morgan fingerprint density at radius 2 is 1.45 bits per heavy atom. The Kier molecular flexibility index (Phi) is 9.54. The third kappa shape index (κ3) is 6.25. The first-order valence-electron chi connectivity index (χ1n) is 16.4. The highest BCUT2D eigenvalue weighted by atomic mass is 32.2. The lowest BCUT2D eigenvalue weighted by atomic mass is 9.89. The number of rotatable bonds is 8. The van der Waals surface area contributed by atoms with Crippen LogP contribution in [0.25, 0.3) is 0 Å². The normalized spacial score (nSPS) is 24.4. The average Bonchev–Trinajstić information content (AvgIpc) is 3.45. The highest BCUT2D eigenvalue weighted by Crippen LogP contribution is 2.52. The molecule has 4 atom stereocenters. The van der Waals surface area contributed by atoms with Gasteiger partial charge < -0.3 is 19.3 Å². The van der Waals surface area contributed by atoms with Gasteiger partial charge in [0.2, 0.25) is 0 Å². The van der Waals surface area contributed by atoms with Crippen LogP contribution in [0.15, 0.2) is 87.6 Å². The molecule has 2 aliphatic heterocycles. The molecule has 0 aliphatic carbocycles. The van der Waals surface area contributed by atoms with E-state index < -0.39 is 67.1 Å². The SMILES string of the molecule is Cc1cn([C@@H]2OC(CO[Si](C)(C)C(C)(C)C)C3(OS(=O)(=O)C=C3N)[C@H]2O[Si](c2ccccc2)(c2ccccc2)C(C)(C)C)c(=O)n(C)c1=O. The summed E-state index contributed by atoms with van der Waals surface area (Å²) in [6.07, 6.45) is -2.26. The molecule has 11 nitrogen and oxygen atoms in total. The van der Waals surface area contributed by atoms with Gasteiger partial charge in [0.15, 0.2) is 20.1 Å². The fourth-order valence-corrected chi connectivity index (χ4v) is 13.5. The molecular formula is C35H49N3O8SSi2. The Hall–Kier alpha value is -3.12. The van der Waals surface area contributed by atoms with Crippen LogP contribution >= 0.6 is 0 Å². The number of aryl methyl sites for hydroxylation is 1. The Labute approximate surface area is 291 Å². The maximum absolute atomic E-state index is 13.9. The van der Waals surface area contributed by atoms with Crippen molar-refractivity contribution in [3.8, 4) is 0 Å². The van der Waals surface area contributed by atoms with Crippen molar-refractivity contribution in [2.24, 2.45) is 12.8 Å². The molecule has 1 saturated heterocycles. The van der Waals surface area contributed by atoms with Gasteiger partial charge in [-0.15, -0.1) is 0 Å². The summed E-state index contributed by atoms with van der Waals surface area (Å²) in [6, 6.07) is 19.6. The zero-order valence-corrected chi connectivity index (χ0v) is 32.8. The molecule has 266 valence electrons. The van der Waals surface area contributed by atoms with E-state index >= 15 is 0 Å². The lowest BCUT2D eigenvalue weighted by Gasteiger charge is -2.47. The second-order valence-corrected chi connectivity index (χ2v) is 26.0. The zero-order valence-electron chi connectivity index (χ0n) is 30.0. The summed E-state index contributed by atoms with van der Waals surface area (Å²) in [5, 5.41) is 1.98. The quantitative estimate of drug-likeness (QED) is 0.272. The molecule has 1 spiro atoms. The number of nitrogens with two attached hydrogens (primary N) is 1. The molecule has 1 fully saturated rings. The van der Waals surface area contributed by atoms with Crippen LogP contribution in [0.4, 0.5) is 0 Å². The molecule has 2 N–H and O–H groups in total. The number of nitrogens with zero attached hydrogens (tertiary/aromatic N) is 2. The van der Waals surface area contributed by atoms with E-state index in [4.69, 9.17) is 23.5 Å². The highest BCUT2D eigenvalue weighted by Gasteiger charge is 2.68. The number of benzene rings is 2. The molecule has 3 heterocycles. The first-order valence-corrected chi connectivity index (χ1v) is 22.7. The topological polar surface area (TPSA) is 141 Å². The van der Waals surface area contributed by atoms with Crippen LogP contribution in [0.5, 0.6) is 0 Å². The maximum Gasteiger partial charge on any atom is 0.332 e. The number of hydrogen-bond acceptors (Lipinski definition) is 9. The van der Waals surface area contributed by atoms with Crippen molar-refractivity contribution in [1.82, 2.24) is 9.13 Å². The first-order chi connectivity index (χ1) is 22.6. The number of hydrogen-bond donors (Lipinski definition) is 1. The molecular weight excluding hydrogens is 679 g/mol. The van der Waals surface area contributed by atoms with E-state index in [0.717, 1.165) is 20.3 Å². The summed E-state index contributed by atoms with van der Waals surface area (Å²) in [5.41, 5.74) is 3.88. The van der Waals surface area contributed by atoms with Crippen LogP contribution in [0.1, 0.15) is 53.3 Å². The van der Waals surface area contributed by atoms with Gasteiger partial charge >= 0.3 is 5.69 Å². The summed E-state index contributed by atoms with van der Waals surface area (Å²) in [5.74, 6) is 0. The maximum atomic E-state index is 13.9. The van der Waals surface area contributed by atoms with Crippen molar-refractivity contribution < 1.29 is 26.2 Å². The van der Waals surface area contributed by atoms with Gasteiger partial charge in [-0.1, -0.05) is 102 Å². The van der Waals surface area contributed by atoms with Gasteiger partial charge in [-0.2, -0.15) is 8.42 Å². The van der Waals surface area contributed by atoms with Crippen LogP contribution in [0, 0.1) is 6.92 Å². The Morgan fingerprint density at radius 3 is 1.90 bits per heavy atom.